The van der Waals surface area contributed by atoms with Crippen LogP contribution in [0.3, 0.4) is 0 Å². The van der Waals surface area contributed by atoms with Crippen LogP contribution in [-0.4, -0.2) is 18.9 Å². The summed E-state index contributed by atoms with van der Waals surface area (Å²) in [5, 5.41) is 4.00. The fraction of sp³-hybridized carbons (Fsp3) is 0.250. The van der Waals surface area contributed by atoms with Gasteiger partial charge in [0.25, 0.3) is 0 Å². The normalized spacial score (nSPS) is 21.3. The van der Waals surface area contributed by atoms with Crippen LogP contribution in [0.2, 0.25) is 5.02 Å². The van der Waals surface area contributed by atoms with Gasteiger partial charge in [-0.15, -0.1) is 0 Å². The van der Waals surface area contributed by atoms with Crippen molar-refractivity contribution in [3.63, 3.8) is 0 Å². The molecule has 0 radical (unpaired) electrons. The van der Waals surface area contributed by atoms with Gasteiger partial charge in [-0.2, -0.15) is 0 Å². The van der Waals surface area contributed by atoms with Crippen LogP contribution in [0.5, 0.6) is 0 Å². The molecule has 2 aromatic carbocycles. The maximum absolute atomic E-state index is 13.4. The number of rotatable bonds is 3. The molecule has 4 rings (SSSR count). The van der Waals surface area contributed by atoms with Gasteiger partial charge in [0.1, 0.15) is 0 Å². The number of Topliss-reactive ketones (excluding diaryl/α,β-unsaturated/α-hetero) is 1. The van der Waals surface area contributed by atoms with E-state index in [9.17, 15) is 9.59 Å². The van der Waals surface area contributed by atoms with E-state index in [0.29, 0.717) is 34.7 Å². The van der Waals surface area contributed by atoms with E-state index in [1.54, 1.807) is 0 Å². The first-order valence-electron chi connectivity index (χ1n) is 9.73. The van der Waals surface area contributed by atoms with Crippen LogP contribution in [0.1, 0.15) is 42.7 Å². The standard InChI is InChI=1S/C24H21BrClNO3/c1-13-21(24(29)30-2)22(14-7-9-16(25)10-8-14)23-19(27-13)11-15(12-20(23)28)17-5-3-4-6-18(17)26/h3-10,15,22,27H,11-12H2,1-2H3/t15-,22+/m1/s1. The number of benzene rings is 2. The molecule has 1 heterocycles. The molecule has 2 aromatic rings. The van der Waals surface area contributed by atoms with E-state index in [-0.39, 0.29) is 11.7 Å². The molecule has 0 amide bonds. The summed E-state index contributed by atoms with van der Waals surface area (Å²) >= 11 is 9.86. The van der Waals surface area contributed by atoms with Crippen molar-refractivity contribution in [2.75, 3.05) is 7.11 Å². The monoisotopic (exact) mass is 485 g/mol. The number of allylic oxidation sites excluding steroid dienone is 3. The number of methoxy groups -OCH3 is 1. The third kappa shape index (κ3) is 3.72. The maximum Gasteiger partial charge on any atom is 0.336 e. The summed E-state index contributed by atoms with van der Waals surface area (Å²) in [6.45, 7) is 1.85. The second-order valence-electron chi connectivity index (χ2n) is 7.58. The summed E-state index contributed by atoms with van der Waals surface area (Å²) in [5.74, 6) is -0.868. The minimum atomic E-state index is -0.457. The Balaban J connectivity index is 1.82. The molecular weight excluding hydrogens is 466 g/mol. The molecule has 1 aliphatic heterocycles. The molecule has 154 valence electrons. The number of carbonyl (C=O) groups excluding carboxylic acids is 2. The van der Waals surface area contributed by atoms with Crippen molar-refractivity contribution in [3.8, 4) is 0 Å². The molecule has 0 spiro atoms. The van der Waals surface area contributed by atoms with E-state index in [1.165, 1.54) is 7.11 Å². The van der Waals surface area contributed by atoms with Crippen LogP contribution in [0.15, 0.2) is 75.5 Å². The molecule has 1 aliphatic carbocycles. The number of esters is 1. The first-order valence-corrected chi connectivity index (χ1v) is 10.9. The third-order valence-corrected chi connectivity index (χ3v) is 6.65. The zero-order valence-corrected chi connectivity index (χ0v) is 19.0. The summed E-state index contributed by atoms with van der Waals surface area (Å²) in [6, 6.07) is 15.4. The topological polar surface area (TPSA) is 55.4 Å². The molecule has 2 aliphatic rings. The molecule has 0 saturated heterocycles. The fourth-order valence-electron chi connectivity index (χ4n) is 4.43. The van der Waals surface area contributed by atoms with E-state index in [1.807, 2.05) is 55.5 Å². The highest BCUT2D eigenvalue weighted by Gasteiger charge is 2.41. The van der Waals surface area contributed by atoms with Crippen molar-refractivity contribution in [2.24, 2.45) is 0 Å². The SMILES string of the molecule is COC(=O)C1=C(C)NC2=C(C(=O)C[C@H](c3ccccc3Cl)C2)[C@H]1c1ccc(Br)cc1. The zero-order valence-electron chi connectivity index (χ0n) is 16.7. The van der Waals surface area contributed by atoms with Gasteiger partial charge < -0.3 is 10.1 Å². The Labute approximate surface area is 189 Å². The van der Waals surface area contributed by atoms with Crippen molar-refractivity contribution in [3.05, 3.63) is 91.7 Å². The molecule has 0 fully saturated rings. The number of hydrogen-bond acceptors (Lipinski definition) is 4. The predicted molar refractivity (Wildman–Crippen MR) is 120 cm³/mol. The Morgan fingerprint density at radius 2 is 1.83 bits per heavy atom. The van der Waals surface area contributed by atoms with Crippen molar-refractivity contribution >= 4 is 39.3 Å². The summed E-state index contributed by atoms with van der Waals surface area (Å²) < 4.78 is 5.99. The maximum atomic E-state index is 13.4. The first kappa shape index (κ1) is 20.9. The highest BCUT2D eigenvalue weighted by molar-refractivity contribution is 9.10. The van der Waals surface area contributed by atoms with E-state index in [4.69, 9.17) is 16.3 Å². The Morgan fingerprint density at radius 3 is 2.50 bits per heavy atom. The lowest BCUT2D eigenvalue weighted by Gasteiger charge is -2.36. The lowest BCUT2D eigenvalue weighted by Crippen LogP contribution is -2.36. The van der Waals surface area contributed by atoms with E-state index < -0.39 is 11.9 Å². The second-order valence-corrected chi connectivity index (χ2v) is 8.90. The molecule has 30 heavy (non-hydrogen) atoms. The highest BCUT2D eigenvalue weighted by Crippen LogP contribution is 2.46. The molecule has 0 bridgehead atoms. The van der Waals surface area contributed by atoms with Crippen LogP contribution in [0.25, 0.3) is 0 Å². The lowest BCUT2D eigenvalue weighted by molar-refractivity contribution is -0.136. The van der Waals surface area contributed by atoms with Gasteiger partial charge >= 0.3 is 5.97 Å². The average Bonchev–Trinajstić information content (AvgIpc) is 2.73. The van der Waals surface area contributed by atoms with Gasteiger partial charge in [-0.3, -0.25) is 4.79 Å². The van der Waals surface area contributed by atoms with Gasteiger partial charge in [-0.05, 0) is 48.6 Å². The molecule has 0 unspecified atom stereocenters. The van der Waals surface area contributed by atoms with Crippen molar-refractivity contribution < 1.29 is 14.3 Å². The number of dihydropyridines is 1. The Morgan fingerprint density at radius 1 is 1.13 bits per heavy atom. The van der Waals surface area contributed by atoms with Crippen molar-refractivity contribution in [1.29, 1.82) is 0 Å². The van der Waals surface area contributed by atoms with Gasteiger partial charge in [0.2, 0.25) is 0 Å². The summed E-state index contributed by atoms with van der Waals surface area (Å²) in [7, 11) is 1.36. The third-order valence-electron chi connectivity index (χ3n) is 5.78. The van der Waals surface area contributed by atoms with Crippen LogP contribution in [-0.2, 0) is 14.3 Å². The van der Waals surface area contributed by atoms with Crippen LogP contribution < -0.4 is 5.32 Å². The minimum Gasteiger partial charge on any atom is -0.466 e. The van der Waals surface area contributed by atoms with Crippen LogP contribution >= 0.6 is 27.5 Å². The minimum absolute atomic E-state index is 0.00417. The molecule has 4 nitrogen and oxygen atoms in total. The summed E-state index contributed by atoms with van der Waals surface area (Å²) in [5.41, 5.74) is 4.54. The van der Waals surface area contributed by atoms with Crippen LogP contribution in [0.4, 0.5) is 0 Å². The zero-order chi connectivity index (χ0) is 21.4. The highest BCUT2D eigenvalue weighted by atomic mass is 79.9. The molecule has 2 atom stereocenters. The van der Waals surface area contributed by atoms with E-state index >= 15 is 0 Å². The van der Waals surface area contributed by atoms with Gasteiger partial charge in [0.05, 0.1) is 12.7 Å². The molecule has 0 aromatic heterocycles. The number of ketones is 1. The molecule has 0 saturated carbocycles. The lowest BCUT2D eigenvalue weighted by atomic mass is 9.72. The second kappa shape index (κ2) is 8.40. The summed E-state index contributed by atoms with van der Waals surface area (Å²) in [4.78, 5) is 26.1. The molecule has 1 N–H and O–H groups in total. The largest absolute Gasteiger partial charge is 0.466 e. The Hall–Kier alpha value is -2.37. The van der Waals surface area contributed by atoms with E-state index in [2.05, 4.69) is 21.2 Å². The number of ether oxygens (including phenoxy) is 1. The molecule has 6 heteroatoms. The van der Waals surface area contributed by atoms with Gasteiger partial charge in [0.15, 0.2) is 5.78 Å². The average molecular weight is 487 g/mol. The Bertz CT molecular complexity index is 1090. The smallest absolute Gasteiger partial charge is 0.336 e. The van der Waals surface area contributed by atoms with Crippen molar-refractivity contribution in [1.82, 2.24) is 5.32 Å². The number of halogens is 2. The van der Waals surface area contributed by atoms with Gasteiger partial charge in [0, 0.05) is 38.8 Å². The van der Waals surface area contributed by atoms with Crippen LogP contribution in [0, 0.1) is 0 Å². The van der Waals surface area contributed by atoms with Gasteiger partial charge in [-0.25, -0.2) is 4.79 Å². The van der Waals surface area contributed by atoms with Gasteiger partial charge in [-0.1, -0.05) is 57.9 Å². The number of hydrogen-bond donors (Lipinski definition) is 1. The van der Waals surface area contributed by atoms with Crippen molar-refractivity contribution in [2.45, 2.75) is 31.6 Å². The quantitative estimate of drug-likeness (QED) is 0.571. The number of carbonyl (C=O) groups is 2. The fourth-order valence-corrected chi connectivity index (χ4v) is 4.99. The summed E-state index contributed by atoms with van der Waals surface area (Å²) in [6.07, 6.45) is 1.01. The van der Waals surface area contributed by atoms with E-state index in [0.717, 1.165) is 21.3 Å². The number of nitrogens with one attached hydrogen (secondary N) is 1. The molecular formula is C24H21BrClNO3. The first-order chi connectivity index (χ1) is 14.4. The predicted octanol–water partition coefficient (Wildman–Crippen LogP) is 5.64. The Kier molecular flexibility index (Phi) is 5.85.